The van der Waals surface area contributed by atoms with Crippen molar-refractivity contribution in [3.05, 3.63) is 35.9 Å². The number of carboxylic acids is 1. The fourth-order valence-electron chi connectivity index (χ4n) is 3.40. The molecule has 0 bridgehead atoms. The Morgan fingerprint density at radius 2 is 2.00 bits per heavy atom. The molecule has 1 fully saturated rings. The van der Waals surface area contributed by atoms with Crippen molar-refractivity contribution in [2.24, 2.45) is 5.41 Å². The molecule has 1 aromatic carbocycles. The van der Waals surface area contributed by atoms with Crippen LogP contribution < -0.4 is 0 Å². The van der Waals surface area contributed by atoms with Gasteiger partial charge in [0.2, 0.25) is 5.91 Å². The summed E-state index contributed by atoms with van der Waals surface area (Å²) in [5.41, 5.74) is 0.259. The van der Waals surface area contributed by atoms with E-state index < -0.39 is 11.4 Å². The first-order chi connectivity index (χ1) is 12.6. The molecule has 1 unspecified atom stereocenters. The van der Waals surface area contributed by atoms with E-state index in [0.29, 0.717) is 45.4 Å². The number of hydrogen-bond acceptors (Lipinski definition) is 4. The highest BCUT2D eigenvalue weighted by molar-refractivity contribution is 5.79. The molecule has 1 heterocycles. The molecule has 1 aliphatic heterocycles. The first kappa shape index (κ1) is 20.4. The quantitative estimate of drug-likeness (QED) is 0.646. The zero-order chi connectivity index (χ0) is 18.8. The number of carbonyl (C=O) groups is 2. The molecule has 2 rings (SSSR count). The predicted molar refractivity (Wildman–Crippen MR) is 98.0 cm³/mol. The van der Waals surface area contributed by atoms with Crippen molar-refractivity contribution in [1.82, 2.24) is 4.90 Å². The lowest BCUT2D eigenvalue weighted by Gasteiger charge is -2.39. The Labute approximate surface area is 155 Å². The molecule has 144 valence electrons. The molecule has 26 heavy (non-hydrogen) atoms. The molecule has 0 saturated carbocycles. The van der Waals surface area contributed by atoms with E-state index in [0.717, 1.165) is 6.42 Å². The van der Waals surface area contributed by atoms with Gasteiger partial charge in [-0.2, -0.15) is 0 Å². The number of aliphatic carboxylic acids is 1. The summed E-state index contributed by atoms with van der Waals surface area (Å²) in [7, 11) is 1.50. The van der Waals surface area contributed by atoms with Crippen LogP contribution in [0.15, 0.2) is 30.3 Å². The van der Waals surface area contributed by atoms with Gasteiger partial charge in [0, 0.05) is 33.2 Å². The van der Waals surface area contributed by atoms with Crippen LogP contribution in [0.2, 0.25) is 0 Å². The first-order valence-electron chi connectivity index (χ1n) is 9.19. The fourth-order valence-corrected chi connectivity index (χ4v) is 3.40. The zero-order valence-corrected chi connectivity index (χ0v) is 15.5. The number of rotatable bonds is 10. The van der Waals surface area contributed by atoms with Gasteiger partial charge in [0.1, 0.15) is 5.41 Å². The van der Waals surface area contributed by atoms with Crippen LogP contribution in [0.3, 0.4) is 0 Å². The van der Waals surface area contributed by atoms with E-state index in [4.69, 9.17) is 9.47 Å². The minimum absolute atomic E-state index is 0.00177. The van der Waals surface area contributed by atoms with E-state index in [1.54, 1.807) is 4.90 Å². The van der Waals surface area contributed by atoms with Crippen LogP contribution >= 0.6 is 0 Å². The molecular weight excluding hydrogens is 334 g/mol. The highest BCUT2D eigenvalue weighted by atomic mass is 16.5. The Morgan fingerprint density at radius 3 is 2.69 bits per heavy atom. The number of methoxy groups -OCH3 is 1. The van der Waals surface area contributed by atoms with Gasteiger partial charge in [-0.05, 0) is 31.2 Å². The van der Waals surface area contributed by atoms with Gasteiger partial charge in [-0.25, -0.2) is 0 Å². The van der Waals surface area contributed by atoms with E-state index in [2.05, 4.69) is 12.1 Å². The van der Waals surface area contributed by atoms with Crippen molar-refractivity contribution in [3.63, 3.8) is 0 Å². The molecular formula is C20H29NO5. The Kier molecular flexibility index (Phi) is 8.06. The number of benzene rings is 1. The predicted octanol–water partition coefficient (Wildman–Crippen LogP) is 2.37. The lowest BCUT2D eigenvalue weighted by Crippen LogP contribution is -2.52. The summed E-state index contributed by atoms with van der Waals surface area (Å²) >= 11 is 0. The van der Waals surface area contributed by atoms with Crippen molar-refractivity contribution in [1.29, 1.82) is 0 Å². The second-order valence-corrected chi connectivity index (χ2v) is 6.89. The van der Waals surface area contributed by atoms with Crippen molar-refractivity contribution in [2.45, 2.75) is 32.1 Å². The third-order valence-corrected chi connectivity index (χ3v) is 4.86. The molecule has 1 atom stereocenters. The number of ether oxygens (including phenoxy) is 2. The molecule has 0 aliphatic carbocycles. The average Bonchev–Trinajstić information content (AvgIpc) is 2.65. The average molecular weight is 363 g/mol. The number of carboxylic acid groups (broad SMARTS) is 1. The highest BCUT2D eigenvalue weighted by Crippen LogP contribution is 2.31. The number of amides is 1. The van der Waals surface area contributed by atoms with Crippen molar-refractivity contribution in [3.8, 4) is 0 Å². The zero-order valence-electron chi connectivity index (χ0n) is 15.5. The molecule has 0 aromatic heterocycles. The Balaban J connectivity index is 1.68. The standard InChI is InChI=1S/C20H29NO5/c1-25-16-20(19(23)24)11-6-12-21(15-20)18(22)9-5-13-26-14-10-17-7-3-2-4-8-17/h2-4,7-8H,5-6,9-16H2,1H3,(H,23,24). The second-order valence-electron chi connectivity index (χ2n) is 6.89. The van der Waals surface area contributed by atoms with Gasteiger partial charge in [0.15, 0.2) is 0 Å². The number of likely N-dealkylation sites (tertiary alicyclic amines) is 1. The fraction of sp³-hybridized carbons (Fsp3) is 0.600. The molecule has 0 radical (unpaired) electrons. The van der Waals surface area contributed by atoms with Gasteiger partial charge < -0.3 is 19.5 Å². The maximum Gasteiger partial charge on any atom is 0.313 e. The molecule has 6 heteroatoms. The van der Waals surface area contributed by atoms with E-state index in [-0.39, 0.29) is 19.1 Å². The van der Waals surface area contributed by atoms with Gasteiger partial charge in [-0.15, -0.1) is 0 Å². The van der Waals surface area contributed by atoms with Gasteiger partial charge >= 0.3 is 5.97 Å². The largest absolute Gasteiger partial charge is 0.481 e. The number of hydrogen-bond donors (Lipinski definition) is 1. The summed E-state index contributed by atoms with van der Waals surface area (Å²) < 4.78 is 10.7. The van der Waals surface area contributed by atoms with Crippen molar-refractivity contribution >= 4 is 11.9 Å². The normalized spacial score (nSPS) is 20.1. The Morgan fingerprint density at radius 1 is 1.23 bits per heavy atom. The molecule has 0 spiro atoms. The smallest absolute Gasteiger partial charge is 0.313 e. The number of nitrogens with zero attached hydrogens (tertiary/aromatic N) is 1. The first-order valence-corrected chi connectivity index (χ1v) is 9.19. The SMILES string of the molecule is COCC1(C(=O)O)CCCN(C(=O)CCCOCCc2ccccc2)C1. The van der Waals surface area contributed by atoms with E-state index in [1.807, 2.05) is 18.2 Å². The highest BCUT2D eigenvalue weighted by Gasteiger charge is 2.43. The van der Waals surface area contributed by atoms with Crippen LogP contribution in [0.4, 0.5) is 0 Å². The van der Waals surface area contributed by atoms with Crippen LogP contribution in [0.1, 0.15) is 31.2 Å². The van der Waals surface area contributed by atoms with Gasteiger partial charge in [0.25, 0.3) is 0 Å². The van der Waals surface area contributed by atoms with Crippen LogP contribution in [-0.4, -0.2) is 61.9 Å². The molecule has 1 aliphatic rings. The van der Waals surface area contributed by atoms with Crippen LogP contribution in [0, 0.1) is 5.41 Å². The third-order valence-electron chi connectivity index (χ3n) is 4.86. The van der Waals surface area contributed by atoms with Crippen molar-refractivity contribution in [2.75, 3.05) is 40.0 Å². The summed E-state index contributed by atoms with van der Waals surface area (Å²) in [6.45, 7) is 2.15. The van der Waals surface area contributed by atoms with E-state index >= 15 is 0 Å². The summed E-state index contributed by atoms with van der Waals surface area (Å²) in [6, 6.07) is 10.1. The summed E-state index contributed by atoms with van der Waals surface area (Å²) in [5, 5.41) is 9.55. The lowest BCUT2D eigenvalue weighted by atomic mass is 9.80. The minimum Gasteiger partial charge on any atom is -0.481 e. The lowest BCUT2D eigenvalue weighted by molar-refractivity contribution is -0.159. The molecule has 1 aromatic rings. The third kappa shape index (κ3) is 5.81. The van der Waals surface area contributed by atoms with Crippen LogP contribution in [0.25, 0.3) is 0 Å². The monoisotopic (exact) mass is 363 g/mol. The minimum atomic E-state index is -0.977. The second kappa shape index (κ2) is 10.3. The van der Waals surface area contributed by atoms with Crippen LogP contribution in [-0.2, 0) is 25.5 Å². The summed E-state index contributed by atoms with van der Waals surface area (Å²) in [4.78, 5) is 25.7. The van der Waals surface area contributed by atoms with Gasteiger partial charge in [0.05, 0.1) is 13.2 Å². The van der Waals surface area contributed by atoms with E-state index in [9.17, 15) is 14.7 Å². The summed E-state index contributed by atoms with van der Waals surface area (Å²) in [6.07, 6.45) is 3.12. The van der Waals surface area contributed by atoms with Crippen molar-refractivity contribution < 1.29 is 24.2 Å². The molecule has 6 nitrogen and oxygen atoms in total. The van der Waals surface area contributed by atoms with E-state index in [1.165, 1.54) is 12.7 Å². The topological polar surface area (TPSA) is 76.1 Å². The van der Waals surface area contributed by atoms with Gasteiger partial charge in [-0.3, -0.25) is 9.59 Å². The number of carbonyl (C=O) groups excluding carboxylic acids is 1. The molecule has 1 amide bonds. The maximum atomic E-state index is 12.4. The maximum absolute atomic E-state index is 12.4. The molecule has 1 saturated heterocycles. The Bertz CT molecular complexity index is 573. The summed E-state index contributed by atoms with van der Waals surface area (Å²) in [5.74, 6) is -0.890. The molecule has 1 N–H and O–H groups in total. The number of piperidine rings is 1. The Hall–Kier alpha value is -1.92. The van der Waals surface area contributed by atoms with Gasteiger partial charge in [-0.1, -0.05) is 30.3 Å². The van der Waals surface area contributed by atoms with Crippen LogP contribution in [0.5, 0.6) is 0 Å².